The molecule has 0 aromatic carbocycles. The number of hydrogen-bond donors (Lipinski definition) is 2. The van der Waals surface area contributed by atoms with Crippen LogP contribution in [0.1, 0.15) is 18.7 Å². The maximum absolute atomic E-state index is 10.2. The van der Waals surface area contributed by atoms with E-state index < -0.39 is 5.97 Å². The Morgan fingerprint density at radius 2 is 2.58 bits per heavy atom. The lowest BCUT2D eigenvalue weighted by Crippen LogP contribution is -2.09. The average Bonchev–Trinajstić information content (AvgIpc) is 2.34. The third kappa shape index (κ3) is 2.03. The zero-order valence-corrected chi connectivity index (χ0v) is 6.64. The van der Waals surface area contributed by atoms with E-state index in [4.69, 9.17) is 10.8 Å². The topological polar surface area (TPSA) is 94.0 Å². The number of aliphatic carboxylic acids is 1. The molecule has 12 heavy (non-hydrogen) atoms. The van der Waals surface area contributed by atoms with Gasteiger partial charge in [-0.25, -0.2) is 4.68 Å². The van der Waals surface area contributed by atoms with Gasteiger partial charge in [0.25, 0.3) is 0 Å². The molecule has 0 fully saturated rings. The molecule has 0 radical (unpaired) electrons. The van der Waals surface area contributed by atoms with Gasteiger partial charge in [-0.05, 0) is 6.92 Å². The molecule has 6 nitrogen and oxygen atoms in total. The second-order valence-electron chi connectivity index (χ2n) is 2.52. The highest BCUT2D eigenvalue weighted by atomic mass is 16.4. The summed E-state index contributed by atoms with van der Waals surface area (Å²) in [6, 6.07) is -0.215. The Hall–Kier alpha value is -1.43. The van der Waals surface area contributed by atoms with Crippen LogP contribution in [0.15, 0.2) is 6.20 Å². The number of hydrogen-bond acceptors (Lipinski definition) is 4. The molecule has 0 aliphatic carbocycles. The van der Waals surface area contributed by atoms with Crippen LogP contribution in [0, 0.1) is 0 Å². The number of nitrogens with two attached hydrogens (primary N) is 1. The predicted molar refractivity (Wildman–Crippen MR) is 40.3 cm³/mol. The Morgan fingerprint density at radius 1 is 1.92 bits per heavy atom. The van der Waals surface area contributed by atoms with Crippen molar-refractivity contribution in [2.24, 2.45) is 5.73 Å². The second kappa shape index (κ2) is 3.31. The number of carbonyl (C=O) groups is 1. The minimum absolute atomic E-state index is 0.181. The van der Waals surface area contributed by atoms with E-state index in [1.54, 1.807) is 6.92 Å². The highest BCUT2D eigenvalue weighted by Crippen LogP contribution is 2.02. The quantitative estimate of drug-likeness (QED) is 0.630. The third-order valence-electron chi connectivity index (χ3n) is 1.32. The van der Waals surface area contributed by atoms with Crippen molar-refractivity contribution in [2.75, 3.05) is 0 Å². The van der Waals surface area contributed by atoms with E-state index in [0.717, 1.165) is 0 Å². The molecule has 0 spiro atoms. The van der Waals surface area contributed by atoms with Crippen LogP contribution in [0.3, 0.4) is 0 Å². The summed E-state index contributed by atoms with van der Waals surface area (Å²) < 4.78 is 1.24. The number of nitrogens with zero attached hydrogens (tertiary/aromatic N) is 3. The maximum atomic E-state index is 10.2. The zero-order chi connectivity index (χ0) is 9.14. The first kappa shape index (κ1) is 8.66. The van der Waals surface area contributed by atoms with Crippen LogP contribution in [0.4, 0.5) is 0 Å². The van der Waals surface area contributed by atoms with Crippen LogP contribution >= 0.6 is 0 Å². The van der Waals surface area contributed by atoms with E-state index >= 15 is 0 Å². The van der Waals surface area contributed by atoms with Crippen molar-refractivity contribution in [1.29, 1.82) is 0 Å². The lowest BCUT2D eigenvalue weighted by atomic mass is 10.3. The first-order valence-corrected chi connectivity index (χ1v) is 3.47. The normalized spacial score (nSPS) is 12.8. The largest absolute Gasteiger partial charge is 0.480 e. The van der Waals surface area contributed by atoms with Gasteiger partial charge in [0.2, 0.25) is 0 Å². The highest BCUT2D eigenvalue weighted by molar-refractivity contribution is 5.66. The SMILES string of the molecule is CC(N)c1cn(CC(=O)O)nn1. The van der Waals surface area contributed by atoms with E-state index in [9.17, 15) is 4.79 Å². The lowest BCUT2D eigenvalue weighted by molar-refractivity contribution is -0.137. The monoisotopic (exact) mass is 170 g/mol. The fourth-order valence-corrected chi connectivity index (χ4v) is 0.738. The Kier molecular flexibility index (Phi) is 2.39. The minimum atomic E-state index is -0.948. The van der Waals surface area contributed by atoms with Gasteiger partial charge in [0.15, 0.2) is 0 Å². The van der Waals surface area contributed by atoms with Gasteiger partial charge in [0.1, 0.15) is 6.54 Å². The van der Waals surface area contributed by atoms with Gasteiger partial charge >= 0.3 is 5.97 Å². The third-order valence-corrected chi connectivity index (χ3v) is 1.32. The van der Waals surface area contributed by atoms with Gasteiger partial charge in [-0.2, -0.15) is 0 Å². The summed E-state index contributed by atoms with van der Waals surface area (Å²) in [5.74, 6) is -0.948. The molecule has 0 saturated carbocycles. The molecule has 3 N–H and O–H groups in total. The molecule has 0 aliphatic rings. The van der Waals surface area contributed by atoms with Gasteiger partial charge in [0.05, 0.1) is 11.9 Å². The van der Waals surface area contributed by atoms with Crippen molar-refractivity contribution < 1.29 is 9.90 Å². The fraction of sp³-hybridized carbons (Fsp3) is 0.500. The first-order valence-electron chi connectivity index (χ1n) is 3.47. The van der Waals surface area contributed by atoms with Crippen molar-refractivity contribution in [3.8, 4) is 0 Å². The average molecular weight is 170 g/mol. The van der Waals surface area contributed by atoms with Crippen LogP contribution in [0.25, 0.3) is 0 Å². The Bertz CT molecular complexity index is 281. The molecule has 1 heterocycles. The van der Waals surface area contributed by atoms with Gasteiger partial charge in [-0.15, -0.1) is 5.10 Å². The maximum Gasteiger partial charge on any atom is 0.325 e. The number of carboxylic acids is 1. The molecule has 0 aliphatic heterocycles. The molecule has 1 unspecified atom stereocenters. The molecule has 66 valence electrons. The van der Waals surface area contributed by atoms with Crippen LogP contribution in [-0.4, -0.2) is 26.1 Å². The summed E-state index contributed by atoms with van der Waals surface area (Å²) >= 11 is 0. The van der Waals surface area contributed by atoms with Crippen LogP contribution in [-0.2, 0) is 11.3 Å². The molecule has 6 heteroatoms. The number of carboxylic acid groups (broad SMARTS) is 1. The molecule has 0 amide bonds. The molecular formula is C6H10N4O2. The Balaban J connectivity index is 2.70. The summed E-state index contributed by atoms with van der Waals surface area (Å²) in [7, 11) is 0. The first-order chi connectivity index (χ1) is 5.59. The molecular weight excluding hydrogens is 160 g/mol. The number of aromatic nitrogens is 3. The van der Waals surface area contributed by atoms with Crippen molar-refractivity contribution >= 4 is 5.97 Å². The second-order valence-corrected chi connectivity index (χ2v) is 2.52. The van der Waals surface area contributed by atoms with Crippen LogP contribution in [0.5, 0.6) is 0 Å². The highest BCUT2D eigenvalue weighted by Gasteiger charge is 2.06. The predicted octanol–water partition coefficient (Wildman–Crippen LogP) is -0.618. The fourth-order valence-electron chi connectivity index (χ4n) is 0.738. The van der Waals surface area contributed by atoms with E-state index in [2.05, 4.69) is 10.3 Å². The lowest BCUT2D eigenvalue weighted by Gasteiger charge is -1.95. The van der Waals surface area contributed by atoms with E-state index in [-0.39, 0.29) is 12.6 Å². The summed E-state index contributed by atoms with van der Waals surface area (Å²) in [6.45, 7) is 1.58. The molecule has 1 atom stereocenters. The van der Waals surface area contributed by atoms with Crippen molar-refractivity contribution in [1.82, 2.24) is 15.0 Å². The van der Waals surface area contributed by atoms with Gasteiger partial charge < -0.3 is 10.8 Å². The standard InChI is InChI=1S/C6H10N4O2/c1-4(7)5-2-10(9-8-5)3-6(11)12/h2,4H,3,7H2,1H3,(H,11,12). The van der Waals surface area contributed by atoms with Gasteiger partial charge in [0, 0.05) is 6.04 Å². The van der Waals surface area contributed by atoms with Crippen molar-refractivity contribution in [2.45, 2.75) is 19.5 Å². The minimum Gasteiger partial charge on any atom is -0.480 e. The summed E-state index contributed by atoms with van der Waals surface area (Å²) in [6.07, 6.45) is 1.53. The van der Waals surface area contributed by atoms with E-state index in [1.807, 2.05) is 0 Å². The van der Waals surface area contributed by atoms with E-state index in [0.29, 0.717) is 5.69 Å². The number of rotatable bonds is 3. The van der Waals surface area contributed by atoms with Crippen LogP contribution in [0.2, 0.25) is 0 Å². The Morgan fingerprint density at radius 3 is 3.00 bits per heavy atom. The Labute approximate surface area is 69.0 Å². The smallest absolute Gasteiger partial charge is 0.325 e. The summed E-state index contributed by atoms with van der Waals surface area (Å²) in [5, 5.41) is 15.7. The molecule has 1 rings (SSSR count). The molecule has 1 aromatic rings. The van der Waals surface area contributed by atoms with Crippen molar-refractivity contribution in [3.63, 3.8) is 0 Å². The zero-order valence-electron chi connectivity index (χ0n) is 6.64. The summed E-state index contributed by atoms with van der Waals surface area (Å²) in [5.41, 5.74) is 6.09. The molecule has 0 bridgehead atoms. The van der Waals surface area contributed by atoms with Gasteiger partial charge in [-0.3, -0.25) is 4.79 Å². The summed E-state index contributed by atoms with van der Waals surface area (Å²) in [4.78, 5) is 10.2. The molecule has 0 saturated heterocycles. The van der Waals surface area contributed by atoms with Crippen molar-refractivity contribution in [3.05, 3.63) is 11.9 Å². The van der Waals surface area contributed by atoms with E-state index in [1.165, 1.54) is 10.9 Å². The van der Waals surface area contributed by atoms with Gasteiger partial charge in [-0.1, -0.05) is 5.21 Å². The molecule has 1 aromatic heterocycles. The van der Waals surface area contributed by atoms with Crippen LogP contribution < -0.4 is 5.73 Å².